The Labute approximate surface area is 122 Å². The molecule has 1 atom stereocenters. The summed E-state index contributed by atoms with van der Waals surface area (Å²) in [5.41, 5.74) is -0.537. The number of aliphatic hydroxyl groups is 1. The summed E-state index contributed by atoms with van der Waals surface area (Å²) in [5.74, 6) is 1.55. The van der Waals surface area contributed by atoms with Crippen LogP contribution in [0, 0.1) is 5.92 Å². The summed E-state index contributed by atoms with van der Waals surface area (Å²) < 4.78 is 5.52. The van der Waals surface area contributed by atoms with Crippen molar-refractivity contribution < 1.29 is 9.84 Å². The first-order valence-electron chi connectivity index (χ1n) is 8.00. The molecule has 2 N–H and O–H groups in total. The van der Waals surface area contributed by atoms with Gasteiger partial charge in [-0.15, -0.1) is 0 Å². The van der Waals surface area contributed by atoms with E-state index in [0.717, 1.165) is 64.5 Å². The van der Waals surface area contributed by atoms with Gasteiger partial charge < -0.3 is 20.1 Å². The minimum absolute atomic E-state index is 0.530. The van der Waals surface area contributed by atoms with Gasteiger partial charge in [0.15, 0.2) is 5.96 Å². The highest BCUT2D eigenvalue weighted by atomic mass is 16.5. The average molecular weight is 283 g/mol. The molecule has 0 radical (unpaired) electrons. The van der Waals surface area contributed by atoms with Gasteiger partial charge in [-0.25, -0.2) is 0 Å². The van der Waals surface area contributed by atoms with Crippen LogP contribution in [0.1, 0.15) is 39.5 Å². The van der Waals surface area contributed by atoms with Crippen molar-refractivity contribution in [1.82, 2.24) is 10.2 Å². The van der Waals surface area contributed by atoms with Gasteiger partial charge >= 0.3 is 0 Å². The maximum Gasteiger partial charge on any atom is 0.194 e. The molecule has 1 saturated carbocycles. The average Bonchev–Trinajstić information content (AvgIpc) is 2.87. The predicted octanol–water partition coefficient (Wildman–Crippen LogP) is 1.23. The van der Waals surface area contributed by atoms with Crippen molar-refractivity contribution in [3.63, 3.8) is 0 Å². The molecule has 1 aliphatic heterocycles. The van der Waals surface area contributed by atoms with Crippen LogP contribution in [0.15, 0.2) is 4.99 Å². The molecule has 2 aliphatic rings. The Morgan fingerprint density at radius 2 is 2.25 bits per heavy atom. The lowest BCUT2D eigenvalue weighted by Crippen LogP contribution is -2.44. The number of ether oxygens (including phenoxy) is 1. The molecule has 2 rings (SSSR count). The number of nitrogens with one attached hydrogen (secondary N) is 1. The summed E-state index contributed by atoms with van der Waals surface area (Å²) >= 11 is 0. The Bertz CT molecular complexity index is 329. The smallest absolute Gasteiger partial charge is 0.194 e. The van der Waals surface area contributed by atoms with Crippen LogP contribution in [0.3, 0.4) is 0 Å². The van der Waals surface area contributed by atoms with E-state index in [1.807, 2.05) is 6.92 Å². The second-order valence-corrected chi connectivity index (χ2v) is 6.01. The van der Waals surface area contributed by atoms with E-state index in [2.05, 4.69) is 22.1 Å². The van der Waals surface area contributed by atoms with Crippen molar-refractivity contribution in [2.45, 2.75) is 45.1 Å². The normalized spacial score (nSPS) is 25.6. The van der Waals surface area contributed by atoms with E-state index >= 15 is 0 Å². The van der Waals surface area contributed by atoms with Gasteiger partial charge in [0.1, 0.15) is 0 Å². The van der Waals surface area contributed by atoms with Crippen molar-refractivity contribution in [2.75, 3.05) is 39.4 Å². The molecule has 5 nitrogen and oxygen atoms in total. The van der Waals surface area contributed by atoms with Gasteiger partial charge in [0.25, 0.3) is 0 Å². The van der Waals surface area contributed by atoms with Gasteiger partial charge in [-0.1, -0.05) is 0 Å². The molecule has 0 aromatic heterocycles. The van der Waals surface area contributed by atoms with Crippen LogP contribution in [0.25, 0.3) is 0 Å². The van der Waals surface area contributed by atoms with Crippen LogP contribution >= 0.6 is 0 Å². The topological polar surface area (TPSA) is 57.1 Å². The Morgan fingerprint density at radius 1 is 1.45 bits per heavy atom. The van der Waals surface area contributed by atoms with E-state index in [-0.39, 0.29) is 0 Å². The van der Waals surface area contributed by atoms with Crippen LogP contribution in [0.5, 0.6) is 0 Å². The largest absolute Gasteiger partial charge is 0.388 e. The molecular weight excluding hydrogens is 254 g/mol. The second-order valence-electron chi connectivity index (χ2n) is 6.01. The first kappa shape index (κ1) is 15.6. The van der Waals surface area contributed by atoms with E-state index in [1.165, 1.54) is 0 Å². The Kier molecular flexibility index (Phi) is 5.66. The minimum Gasteiger partial charge on any atom is -0.388 e. The quantitative estimate of drug-likeness (QED) is 0.568. The molecule has 116 valence electrons. The van der Waals surface area contributed by atoms with Crippen molar-refractivity contribution >= 4 is 5.96 Å². The van der Waals surface area contributed by atoms with Crippen molar-refractivity contribution in [3.05, 3.63) is 0 Å². The fraction of sp³-hybridized carbons (Fsp3) is 0.933. The fourth-order valence-corrected chi connectivity index (χ4v) is 2.84. The van der Waals surface area contributed by atoms with Crippen molar-refractivity contribution in [1.29, 1.82) is 0 Å². The summed E-state index contributed by atoms with van der Waals surface area (Å²) in [6.07, 6.45) is 4.07. The summed E-state index contributed by atoms with van der Waals surface area (Å²) in [6.45, 7) is 9.19. The first-order valence-corrected chi connectivity index (χ1v) is 8.00. The molecular formula is C15H29N3O2. The van der Waals surface area contributed by atoms with Crippen molar-refractivity contribution in [3.8, 4) is 0 Å². The zero-order chi connectivity index (χ0) is 14.4. The molecule has 0 aromatic rings. The number of rotatable bonds is 6. The summed E-state index contributed by atoms with van der Waals surface area (Å²) in [7, 11) is 0. The number of likely N-dealkylation sites (tertiary alicyclic amines) is 1. The van der Waals surface area contributed by atoms with Gasteiger partial charge in [-0.05, 0) is 39.5 Å². The molecule has 1 heterocycles. The molecule has 1 aliphatic carbocycles. The van der Waals surface area contributed by atoms with Crippen LogP contribution < -0.4 is 5.32 Å². The highest BCUT2D eigenvalue weighted by Gasteiger charge is 2.34. The van der Waals surface area contributed by atoms with Gasteiger partial charge in [-0.2, -0.15) is 0 Å². The zero-order valence-corrected chi connectivity index (χ0v) is 12.9. The highest BCUT2D eigenvalue weighted by Crippen LogP contribution is 2.31. The van der Waals surface area contributed by atoms with E-state index in [4.69, 9.17) is 4.74 Å². The lowest BCUT2D eigenvalue weighted by atomic mass is 9.80. The Morgan fingerprint density at radius 3 is 2.85 bits per heavy atom. The molecule has 1 saturated heterocycles. The highest BCUT2D eigenvalue weighted by molar-refractivity contribution is 5.80. The number of hydrogen-bond donors (Lipinski definition) is 2. The van der Waals surface area contributed by atoms with Crippen LogP contribution in [-0.2, 0) is 4.74 Å². The maximum absolute atomic E-state index is 10.2. The minimum atomic E-state index is -0.537. The standard InChI is InChI=1S/C15H29N3O2/c1-3-16-14(17-12-15(19)7-5-8-15)18-9-6-13(10-18)11-20-4-2/h13,19H,3-12H2,1-2H3,(H,16,17). The Hall–Kier alpha value is -0.810. The molecule has 20 heavy (non-hydrogen) atoms. The number of aliphatic imine (C=N–C) groups is 1. The molecule has 2 fully saturated rings. The van der Waals surface area contributed by atoms with Crippen LogP contribution in [-0.4, -0.2) is 61.0 Å². The fourth-order valence-electron chi connectivity index (χ4n) is 2.84. The van der Waals surface area contributed by atoms with Gasteiger partial charge in [0, 0.05) is 32.2 Å². The molecule has 1 unspecified atom stereocenters. The van der Waals surface area contributed by atoms with E-state index < -0.39 is 5.60 Å². The summed E-state index contributed by atoms with van der Waals surface area (Å²) in [5, 5.41) is 13.5. The molecule has 0 spiro atoms. The SMILES string of the molecule is CCNC(=NCC1(O)CCC1)N1CCC(COCC)C1. The van der Waals surface area contributed by atoms with Gasteiger partial charge in [0.05, 0.1) is 18.8 Å². The van der Waals surface area contributed by atoms with Crippen molar-refractivity contribution in [2.24, 2.45) is 10.9 Å². The number of guanidine groups is 1. The maximum atomic E-state index is 10.2. The predicted molar refractivity (Wildman–Crippen MR) is 81.0 cm³/mol. The van der Waals surface area contributed by atoms with Gasteiger partial charge in [0.2, 0.25) is 0 Å². The third-order valence-electron chi connectivity index (χ3n) is 4.29. The zero-order valence-electron chi connectivity index (χ0n) is 12.9. The Balaban J connectivity index is 1.86. The summed E-state index contributed by atoms with van der Waals surface area (Å²) in [6, 6.07) is 0. The second kappa shape index (κ2) is 7.27. The lowest BCUT2D eigenvalue weighted by molar-refractivity contribution is -0.0237. The molecule has 0 bridgehead atoms. The summed E-state index contributed by atoms with van der Waals surface area (Å²) in [4.78, 5) is 6.95. The third kappa shape index (κ3) is 4.09. The first-order chi connectivity index (χ1) is 9.67. The number of nitrogens with zero attached hydrogens (tertiary/aromatic N) is 2. The van der Waals surface area contributed by atoms with E-state index in [1.54, 1.807) is 0 Å². The monoisotopic (exact) mass is 283 g/mol. The van der Waals surface area contributed by atoms with E-state index in [9.17, 15) is 5.11 Å². The lowest BCUT2D eigenvalue weighted by Gasteiger charge is -2.35. The van der Waals surface area contributed by atoms with E-state index in [0.29, 0.717) is 12.5 Å². The third-order valence-corrected chi connectivity index (χ3v) is 4.29. The molecule has 5 heteroatoms. The van der Waals surface area contributed by atoms with Crippen LogP contribution in [0.4, 0.5) is 0 Å². The molecule has 0 aromatic carbocycles. The van der Waals surface area contributed by atoms with Crippen LogP contribution in [0.2, 0.25) is 0 Å². The molecule has 0 amide bonds. The number of hydrogen-bond acceptors (Lipinski definition) is 3. The van der Waals surface area contributed by atoms with Gasteiger partial charge in [-0.3, -0.25) is 4.99 Å².